The fraction of sp³-hybridized carbons (Fsp3) is 0.368. The van der Waals surface area contributed by atoms with Gasteiger partial charge in [0, 0.05) is 11.8 Å². The van der Waals surface area contributed by atoms with Crippen LogP contribution in [-0.4, -0.2) is 49.4 Å². The Morgan fingerprint density at radius 1 is 1.11 bits per heavy atom. The summed E-state index contributed by atoms with van der Waals surface area (Å²) in [6.45, 7) is -1.48. The first-order valence-electron chi connectivity index (χ1n) is 8.63. The van der Waals surface area contributed by atoms with E-state index in [-0.39, 0.29) is 31.4 Å². The van der Waals surface area contributed by atoms with Crippen molar-refractivity contribution in [3.05, 3.63) is 45.8 Å². The third-order valence-electron chi connectivity index (χ3n) is 4.85. The van der Waals surface area contributed by atoms with Crippen LogP contribution in [0.5, 0.6) is 0 Å². The molecule has 0 amide bonds. The molecule has 0 saturated heterocycles. The van der Waals surface area contributed by atoms with Gasteiger partial charge in [-0.3, -0.25) is 4.99 Å². The Balaban J connectivity index is 2.33. The molecule has 0 radical (unpaired) electrons. The van der Waals surface area contributed by atoms with Crippen LogP contribution in [0.2, 0.25) is 0 Å². The zero-order chi connectivity index (χ0) is 19.6. The predicted octanol–water partition coefficient (Wildman–Crippen LogP) is 1.10. The number of benzene rings is 1. The number of carbonyl (C=O) groups is 1. The maximum atomic E-state index is 11.8. The Labute approximate surface area is 155 Å². The summed E-state index contributed by atoms with van der Waals surface area (Å²) >= 11 is 0. The maximum Gasteiger partial charge on any atom is 0.352 e. The van der Waals surface area contributed by atoms with Crippen LogP contribution in [0.15, 0.2) is 17.1 Å². The monoisotopic (exact) mass is 374 g/mol. The van der Waals surface area contributed by atoms with Crippen molar-refractivity contribution in [2.45, 2.75) is 38.6 Å². The van der Waals surface area contributed by atoms with Crippen molar-refractivity contribution < 1.29 is 30.3 Å². The van der Waals surface area contributed by atoms with E-state index in [9.17, 15) is 25.2 Å². The lowest BCUT2D eigenvalue weighted by atomic mass is 9.89. The zero-order valence-corrected chi connectivity index (χ0v) is 14.6. The fourth-order valence-corrected chi connectivity index (χ4v) is 3.50. The van der Waals surface area contributed by atoms with Gasteiger partial charge in [-0.05, 0) is 46.6 Å². The second-order valence-electron chi connectivity index (χ2n) is 6.44. The van der Waals surface area contributed by atoms with Gasteiger partial charge < -0.3 is 30.5 Å². The minimum Gasteiger partial charge on any atom is -0.477 e. The summed E-state index contributed by atoms with van der Waals surface area (Å²) < 4.78 is 0. The lowest BCUT2D eigenvalue weighted by Crippen LogP contribution is -2.05. The minimum absolute atomic E-state index is 0.0626. The number of aromatic amines is 1. The number of aliphatic imine (C=N–C) groups is 1. The number of H-pyrrole nitrogens is 1. The number of nitrogens with one attached hydrogen (secondary N) is 1. The maximum absolute atomic E-state index is 11.8. The SMILES string of the molecule is O=C(O)c1[nH]c(/C=N/CO)c(-c2ccc(CO)c(CO)c2CO)c1C1CC1. The van der Waals surface area contributed by atoms with Gasteiger partial charge in [-0.1, -0.05) is 12.1 Å². The van der Waals surface area contributed by atoms with Crippen LogP contribution in [0, 0.1) is 0 Å². The van der Waals surface area contributed by atoms with Crippen molar-refractivity contribution in [2.75, 3.05) is 6.73 Å². The molecule has 1 aliphatic rings. The lowest BCUT2D eigenvalue weighted by molar-refractivity contribution is 0.0690. The zero-order valence-electron chi connectivity index (χ0n) is 14.6. The molecule has 1 heterocycles. The van der Waals surface area contributed by atoms with Crippen LogP contribution in [0.25, 0.3) is 11.1 Å². The van der Waals surface area contributed by atoms with E-state index < -0.39 is 12.7 Å². The van der Waals surface area contributed by atoms with Gasteiger partial charge in [0.1, 0.15) is 12.4 Å². The predicted molar refractivity (Wildman–Crippen MR) is 97.6 cm³/mol. The molecule has 0 spiro atoms. The minimum atomic E-state index is -1.10. The molecule has 0 unspecified atom stereocenters. The molecule has 8 heteroatoms. The van der Waals surface area contributed by atoms with Crippen LogP contribution >= 0.6 is 0 Å². The number of aromatic carboxylic acids is 1. The fourth-order valence-electron chi connectivity index (χ4n) is 3.50. The van der Waals surface area contributed by atoms with Crippen molar-refractivity contribution in [1.82, 2.24) is 4.98 Å². The van der Waals surface area contributed by atoms with E-state index in [4.69, 9.17) is 5.11 Å². The highest BCUT2D eigenvalue weighted by atomic mass is 16.4. The van der Waals surface area contributed by atoms with E-state index in [1.807, 2.05) is 0 Å². The molecule has 1 saturated carbocycles. The van der Waals surface area contributed by atoms with Gasteiger partial charge in [-0.25, -0.2) is 4.79 Å². The number of aromatic nitrogens is 1. The molecule has 1 fully saturated rings. The molecule has 3 rings (SSSR count). The number of carboxylic acid groups (broad SMARTS) is 1. The molecular weight excluding hydrogens is 352 g/mol. The molecule has 1 aliphatic carbocycles. The van der Waals surface area contributed by atoms with E-state index in [2.05, 4.69) is 9.98 Å². The number of carboxylic acids is 1. The van der Waals surface area contributed by atoms with Gasteiger partial charge in [-0.15, -0.1) is 0 Å². The van der Waals surface area contributed by atoms with Crippen LogP contribution in [0.3, 0.4) is 0 Å². The highest BCUT2D eigenvalue weighted by Crippen LogP contribution is 2.48. The molecule has 0 bridgehead atoms. The Morgan fingerprint density at radius 3 is 2.33 bits per heavy atom. The largest absolute Gasteiger partial charge is 0.477 e. The number of aliphatic hydroxyl groups is 4. The molecule has 8 nitrogen and oxygen atoms in total. The Morgan fingerprint density at radius 2 is 1.81 bits per heavy atom. The van der Waals surface area contributed by atoms with Gasteiger partial charge in [0.05, 0.1) is 25.5 Å². The van der Waals surface area contributed by atoms with Gasteiger partial charge in [0.15, 0.2) is 0 Å². The molecule has 27 heavy (non-hydrogen) atoms. The van der Waals surface area contributed by atoms with Crippen molar-refractivity contribution in [1.29, 1.82) is 0 Å². The quantitative estimate of drug-likeness (QED) is 0.382. The average Bonchev–Trinajstić information content (AvgIpc) is 3.44. The van der Waals surface area contributed by atoms with Crippen molar-refractivity contribution >= 4 is 12.2 Å². The van der Waals surface area contributed by atoms with Gasteiger partial charge in [0.2, 0.25) is 0 Å². The lowest BCUT2D eigenvalue weighted by Gasteiger charge is -2.17. The van der Waals surface area contributed by atoms with Crippen LogP contribution in [-0.2, 0) is 19.8 Å². The standard InChI is InChI=1S/C19H22N2O6/c22-6-11-3-4-12(14(8-24)13(11)7-23)17-15(5-20-9-25)21-18(19(26)27)16(17)10-1-2-10/h3-5,10,21-25H,1-2,6-9H2,(H,26,27)/b20-5+. The third kappa shape index (κ3) is 3.52. The van der Waals surface area contributed by atoms with Crippen molar-refractivity contribution in [2.24, 2.45) is 4.99 Å². The summed E-state index contributed by atoms with van der Waals surface area (Å²) in [6, 6.07) is 3.35. The smallest absolute Gasteiger partial charge is 0.352 e. The first-order valence-corrected chi connectivity index (χ1v) is 8.63. The number of aliphatic hydroxyl groups excluding tert-OH is 4. The first kappa shape index (κ1) is 19.2. The Hall–Kier alpha value is -2.52. The molecule has 0 atom stereocenters. The summed E-state index contributed by atoms with van der Waals surface area (Å²) in [5.74, 6) is -1.01. The summed E-state index contributed by atoms with van der Waals surface area (Å²) in [6.07, 6.45) is 3.09. The Kier molecular flexibility index (Phi) is 5.71. The van der Waals surface area contributed by atoms with E-state index in [0.29, 0.717) is 39.1 Å². The summed E-state index contributed by atoms with van der Waals surface area (Å²) in [5, 5.41) is 47.8. The van der Waals surface area contributed by atoms with E-state index in [1.54, 1.807) is 12.1 Å². The second-order valence-corrected chi connectivity index (χ2v) is 6.44. The first-order chi connectivity index (χ1) is 13.1. The number of nitrogens with zero attached hydrogens (tertiary/aromatic N) is 1. The molecule has 144 valence electrons. The molecule has 1 aromatic carbocycles. The number of hydrogen-bond acceptors (Lipinski definition) is 6. The molecule has 1 aromatic heterocycles. The summed E-state index contributed by atoms with van der Waals surface area (Å²) in [5.41, 5.74) is 3.63. The van der Waals surface area contributed by atoms with Crippen LogP contribution in [0.4, 0.5) is 0 Å². The van der Waals surface area contributed by atoms with Crippen LogP contribution in [0.1, 0.15) is 57.2 Å². The van der Waals surface area contributed by atoms with Gasteiger partial charge >= 0.3 is 5.97 Å². The average molecular weight is 374 g/mol. The van der Waals surface area contributed by atoms with Crippen molar-refractivity contribution in [3.8, 4) is 11.1 Å². The summed E-state index contributed by atoms with van der Waals surface area (Å²) in [4.78, 5) is 18.4. The van der Waals surface area contributed by atoms with E-state index >= 15 is 0 Å². The normalized spacial score (nSPS) is 14.2. The molecular formula is C19H22N2O6. The summed E-state index contributed by atoms with van der Waals surface area (Å²) in [7, 11) is 0. The van der Waals surface area contributed by atoms with E-state index in [1.165, 1.54) is 6.21 Å². The van der Waals surface area contributed by atoms with E-state index in [0.717, 1.165) is 12.8 Å². The third-order valence-corrected chi connectivity index (χ3v) is 4.85. The number of hydrogen-bond donors (Lipinski definition) is 6. The van der Waals surface area contributed by atoms with Crippen LogP contribution < -0.4 is 0 Å². The highest BCUT2D eigenvalue weighted by molar-refractivity contribution is 5.99. The Bertz CT molecular complexity index is 883. The second kappa shape index (κ2) is 8.01. The topological polar surface area (TPSA) is 146 Å². The molecule has 2 aromatic rings. The number of rotatable bonds is 8. The highest BCUT2D eigenvalue weighted by Gasteiger charge is 2.35. The van der Waals surface area contributed by atoms with Gasteiger partial charge in [-0.2, -0.15) is 0 Å². The molecule has 0 aliphatic heterocycles. The van der Waals surface area contributed by atoms with Crippen molar-refractivity contribution in [3.63, 3.8) is 0 Å². The van der Waals surface area contributed by atoms with Gasteiger partial charge in [0.25, 0.3) is 0 Å². The molecule has 6 N–H and O–H groups in total.